The van der Waals surface area contributed by atoms with Gasteiger partial charge in [-0.1, -0.05) is 0 Å². The normalized spacial score (nSPS) is 33.7. The molecule has 1 heterocycles. The number of rotatable bonds is 4. The Kier molecular flexibility index (Phi) is 4.62. The fourth-order valence-electron chi connectivity index (χ4n) is 1.47. The van der Waals surface area contributed by atoms with Crippen LogP contribution in [0, 0.1) is 0 Å². The molecule has 9 nitrogen and oxygen atoms in total. The lowest BCUT2D eigenvalue weighted by molar-refractivity contribution is -0.132. The molecule has 0 aliphatic carbocycles. The van der Waals surface area contributed by atoms with Gasteiger partial charge in [0.05, 0.1) is 12.6 Å². The van der Waals surface area contributed by atoms with Gasteiger partial charge in [0.2, 0.25) is 5.91 Å². The minimum atomic E-state index is -4.67. The Labute approximate surface area is 96.6 Å². The number of phosphoric acid groups is 1. The zero-order chi connectivity index (χ0) is 13.2. The number of phosphoric ester groups is 1. The van der Waals surface area contributed by atoms with E-state index in [1.807, 2.05) is 0 Å². The van der Waals surface area contributed by atoms with Gasteiger partial charge in [-0.15, -0.1) is 0 Å². The Morgan fingerprint density at radius 1 is 1.47 bits per heavy atom. The van der Waals surface area contributed by atoms with Crippen molar-refractivity contribution in [2.75, 3.05) is 6.61 Å². The van der Waals surface area contributed by atoms with E-state index >= 15 is 0 Å². The average molecular weight is 271 g/mol. The molecular formula is C7H14NO8P. The van der Waals surface area contributed by atoms with E-state index in [1.54, 1.807) is 0 Å². The van der Waals surface area contributed by atoms with E-state index in [0.717, 1.165) is 0 Å². The highest BCUT2D eigenvalue weighted by Crippen LogP contribution is 2.37. The average Bonchev–Trinajstić information content (AvgIpc) is 2.41. The number of amides is 1. The van der Waals surface area contributed by atoms with E-state index in [-0.39, 0.29) is 0 Å². The number of aliphatic hydroxyl groups excluding tert-OH is 2. The SMILES string of the molecule is CC(=O)NC1C(O)[C@H](O)O[C@@H]1COP(=O)(O)O. The summed E-state index contributed by atoms with van der Waals surface area (Å²) in [5, 5.41) is 21.0. The van der Waals surface area contributed by atoms with Crippen LogP contribution in [0.25, 0.3) is 0 Å². The van der Waals surface area contributed by atoms with E-state index in [4.69, 9.17) is 14.5 Å². The lowest BCUT2D eigenvalue weighted by Crippen LogP contribution is -2.48. The van der Waals surface area contributed by atoms with Crippen molar-refractivity contribution in [3.63, 3.8) is 0 Å². The zero-order valence-corrected chi connectivity index (χ0v) is 9.78. The summed E-state index contributed by atoms with van der Waals surface area (Å²) in [5.41, 5.74) is 0. The molecule has 1 saturated heterocycles. The molecule has 10 heteroatoms. The molecule has 1 amide bonds. The van der Waals surface area contributed by atoms with E-state index in [1.165, 1.54) is 6.92 Å². The highest BCUT2D eigenvalue weighted by atomic mass is 31.2. The van der Waals surface area contributed by atoms with Crippen LogP contribution in [0.3, 0.4) is 0 Å². The van der Waals surface area contributed by atoms with Crippen LogP contribution in [-0.4, -0.2) is 57.1 Å². The van der Waals surface area contributed by atoms with Crippen LogP contribution in [0.5, 0.6) is 0 Å². The van der Waals surface area contributed by atoms with Crippen LogP contribution in [0.4, 0.5) is 0 Å². The van der Waals surface area contributed by atoms with Gasteiger partial charge in [-0.05, 0) is 0 Å². The van der Waals surface area contributed by atoms with Crippen LogP contribution in [-0.2, 0) is 18.6 Å². The van der Waals surface area contributed by atoms with Gasteiger partial charge in [0, 0.05) is 6.92 Å². The monoisotopic (exact) mass is 271 g/mol. The first kappa shape index (κ1) is 14.5. The predicted octanol–water partition coefficient (Wildman–Crippen LogP) is -2.32. The Morgan fingerprint density at radius 3 is 2.53 bits per heavy atom. The van der Waals surface area contributed by atoms with Crippen molar-refractivity contribution in [1.29, 1.82) is 0 Å². The number of ether oxygens (including phenoxy) is 1. The Hall–Kier alpha value is -0.540. The smallest absolute Gasteiger partial charge is 0.386 e. The van der Waals surface area contributed by atoms with Gasteiger partial charge >= 0.3 is 7.82 Å². The lowest BCUT2D eigenvalue weighted by Gasteiger charge is -2.20. The van der Waals surface area contributed by atoms with Crippen molar-refractivity contribution in [2.45, 2.75) is 31.5 Å². The molecule has 0 aromatic heterocycles. The number of carbonyl (C=O) groups excluding carboxylic acids is 1. The molecule has 100 valence electrons. The molecule has 0 aromatic rings. The van der Waals surface area contributed by atoms with Gasteiger partial charge in [-0.2, -0.15) is 0 Å². The van der Waals surface area contributed by atoms with Crippen LogP contribution < -0.4 is 5.32 Å². The van der Waals surface area contributed by atoms with E-state index in [2.05, 4.69) is 9.84 Å². The van der Waals surface area contributed by atoms with Gasteiger partial charge in [-0.25, -0.2) is 4.57 Å². The third-order valence-corrected chi connectivity index (χ3v) is 2.64. The van der Waals surface area contributed by atoms with Crippen molar-refractivity contribution < 1.29 is 38.6 Å². The Bertz CT molecular complexity index is 330. The second-order valence-corrected chi connectivity index (χ2v) is 4.81. The lowest BCUT2D eigenvalue weighted by atomic mass is 10.1. The molecule has 4 atom stereocenters. The second kappa shape index (κ2) is 5.40. The summed E-state index contributed by atoms with van der Waals surface area (Å²) >= 11 is 0. The van der Waals surface area contributed by atoms with Crippen molar-refractivity contribution in [3.05, 3.63) is 0 Å². The minimum absolute atomic E-state index is 0.479. The zero-order valence-electron chi connectivity index (χ0n) is 8.89. The summed E-state index contributed by atoms with van der Waals surface area (Å²) in [4.78, 5) is 27.8. The van der Waals surface area contributed by atoms with Crippen molar-refractivity contribution in [3.8, 4) is 0 Å². The largest absolute Gasteiger partial charge is 0.469 e. The predicted molar refractivity (Wildman–Crippen MR) is 52.5 cm³/mol. The quantitative estimate of drug-likeness (QED) is 0.358. The fourth-order valence-corrected chi connectivity index (χ4v) is 1.81. The van der Waals surface area contributed by atoms with Crippen LogP contribution >= 0.6 is 7.82 Å². The second-order valence-electron chi connectivity index (χ2n) is 3.57. The first-order valence-corrected chi connectivity index (χ1v) is 6.22. The van der Waals surface area contributed by atoms with Crippen molar-refractivity contribution >= 4 is 13.7 Å². The molecule has 1 aliphatic rings. The van der Waals surface area contributed by atoms with Crippen molar-refractivity contribution in [1.82, 2.24) is 5.32 Å². The first-order chi connectivity index (χ1) is 7.70. The molecule has 2 unspecified atom stereocenters. The van der Waals surface area contributed by atoms with Crippen LogP contribution in [0.2, 0.25) is 0 Å². The standard InChI is InChI=1S/C7H14NO8P/c1-3(9)8-5-4(2-15-17(12,13)14)16-7(11)6(5)10/h4-7,10-11H,2H2,1H3,(H,8,9)(H2,12,13,14)/t4-,5?,6?,7-/m1/s1. The molecule has 0 saturated carbocycles. The van der Waals surface area contributed by atoms with Gasteiger partial charge in [0.1, 0.15) is 12.2 Å². The number of hydrogen-bond acceptors (Lipinski definition) is 6. The number of hydrogen-bond donors (Lipinski definition) is 5. The number of carbonyl (C=O) groups is 1. The molecule has 17 heavy (non-hydrogen) atoms. The van der Waals surface area contributed by atoms with Crippen LogP contribution in [0.1, 0.15) is 6.92 Å². The van der Waals surface area contributed by atoms with Gasteiger partial charge in [0.15, 0.2) is 6.29 Å². The summed E-state index contributed by atoms with van der Waals surface area (Å²) in [6.07, 6.45) is -3.97. The molecule has 1 aliphatic heterocycles. The van der Waals surface area contributed by atoms with Crippen LogP contribution in [0.15, 0.2) is 0 Å². The maximum atomic E-state index is 10.8. The summed E-state index contributed by atoms with van der Waals surface area (Å²) in [6.45, 7) is 0.627. The Morgan fingerprint density at radius 2 is 2.06 bits per heavy atom. The highest BCUT2D eigenvalue weighted by molar-refractivity contribution is 7.46. The van der Waals surface area contributed by atoms with Gasteiger partial charge < -0.3 is 30.1 Å². The maximum Gasteiger partial charge on any atom is 0.469 e. The molecule has 0 spiro atoms. The van der Waals surface area contributed by atoms with Gasteiger partial charge in [0.25, 0.3) is 0 Å². The molecule has 0 bridgehead atoms. The van der Waals surface area contributed by atoms with E-state index in [9.17, 15) is 19.6 Å². The summed E-state index contributed by atoms with van der Waals surface area (Å²) in [6, 6.07) is -0.992. The number of aliphatic hydroxyl groups is 2. The molecule has 1 rings (SSSR count). The van der Waals surface area contributed by atoms with E-state index < -0.39 is 44.9 Å². The maximum absolute atomic E-state index is 10.8. The highest BCUT2D eigenvalue weighted by Gasteiger charge is 2.44. The fraction of sp³-hybridized carbons (Fsp3) is 0.857. The number of nitrogens with one attached hydrogen (secondary N) is 1. The Balaban J connectivity index is 2.62. The molecule has 1 fully saturated rings. The third-order valence-electron chi connectivity index (χ3n) is 2.15. The molecular weight excluding hydrogens is 257 g/mol. The summed E-state index contributed by atoms with van der Waals surface area (Å²) in [5.74, 6) is -0.479. The summed E-state index contributed by atoms with van der Waals surface area (Å²) in [7, 11) is -4.67. The van der Waals surface area contributed by atoms with E-state index in [0.29, 0.717) is 0 Å². The third kappa shape index (κ3) is 4.32. The van der Waals surface area contributed by atoms with Crippen molar-refractivity contribution in [2.24, 2.45) is 0 Å². The molecule has 0 aromatic carbocycles. The topological polar surface area (TPSA) is 146 Å². The molecule has 0 radical (unpaired) electrons. The van der Waals surface area contributed by atoms with Gasteiger partial charge in [-0.3, -0.25) is 9.32 Å². The summed E-state index contributed by atoms with van der Waals surface area (Å²) < 4.78 is 19.5. The first-order valence-electron chi connectivity index (χ1n) is 4.69. The minimum Gasteiger partial charge on any atom is -0.386 e. The molecule has 5 N–H and O–H groups in total.